The maximum atomic E-state index is 13.1. The molecule has 9 rings (SSSR count). The standard InChI is InChI=1S/C49H52ClN5O5/c50-23-20-42(33-4-2-1-3-5-33)47(35-9-16-41(57)17-10-35)34-6-11-37(12-7-34)53-24-21-32(22-25-53)27-52-29-39-14-15-40(30-52)55(39)38-13-8-36-28-54(44-18-19-46(59)51-49(44)60)48(43(36)26-38)45(58)31-56/h1-13,16-17,26,31-32,39-40,44,48,57H,14-15,18-25,27-30H2,(H,51,59,60). The third-order valence-electron chi connectivity index (χ3n) is 13.5. The van der Waals surface area contributed by atoms with Crippen LogP contribution in [0.1, 0.15) is 78.8 Å². The summed E-state index contributed by atoms with van der Waals surface area (Å²) in [5, 5.41) is 12.5. The smallest absolute Gasteiger partial charge is 0.243 e. The van der Waals surface area contributed by atoms with E-state index >= 15 is 0 Å². The van der Waals surface area contributed by atoms with E-state index in [1.807, 2.05) is 18.2 Å². The number of piperazine rings is 1. The predicted octanol–water partition coefficient (Wildman–Crippen LogP) is 6.98. The third kappa shape index (κ3) is 8.00. The Hall–Kier alpha value is -5.29. The topological polar surface area (TPSA) is 114 Å². The van der Waals surface area contributed by atoms with Gasteiger partial charge in [0, 0.05) is 75.0 Å². The van der Waals surface area contributed by atoms with E-state index in [9.17, 15) is 24.3 Å². The first-order chi connectivity index (χ1) is 29.3. The first-order valence-electron chi connectivity index (χ1n) is 21.5. The van der Waals surface area contributed by atoms with E-state index in [4.69, 9.17) is 11.6 Å². The molecule has 4 fully saturated rings. The zero-order valence-electron chi connectivity index (χ0n) is 33.8. The van der Waals surface area contributed by atoms with E-state index in [-0.39, 0.29) is 18.1 Å². The average Bonchev–Trinajstić information content (AvgIpc) is 3.78. The van der Waals surface area contributed by atoms with Crippen LogP contribution in [0.2, 0.25) is 0 Å². The Morgan fingerprint density at radius 3 is 2.12 bits per heavy atom. The van der Waals surface area contributed by atoms with Crippen molar-refractivity contribution in [2.45, 2.75) is 75.7 Å². The number of aldehydes is 1. The normalized spacial score (nSPS) is 23.9. The van der Waals surface area contributed by atoms with Crippen LogP contribution in [0.3, 0.4) is 0 Å². The molecular formula is C49H52ClN5O5. The number of hydrogen-bond donors (Lipinski definition) is 2. The molecule has 0 aliphatic carbocycles. The molecule has 60 heavy (non-hydrogen) atoms. The number of fused-ring (bicyclic) bond motifs is 3. The maximum Gasteiger partial charge on any atom is 0.243 e. The van der Waals surface area contributed by atoms with Gasteiger partial charge in [-0.25, -0.2) is 0 Å². The van der Waals surface area contributed by atoms with Gasteiger partial charge in [0.15, 0.2) is 6.29 Å². The van der Waals surface area contributed by atoms with Crippen LogP contribution in [0, 0.1) is 5.92 Å². The van der Waals surface area contributed by atoms with Crippen LogP contribution in [0.5, 0.6) is 5.75 Å². The van der Waals surface area contributed by atoms with E-state index < -0.39 is 23.8 Å². The number of benzene rings is 4. The van der Waals surface area contributed by atoms with E-state index in [0.717, 1.165) is 104 Å². The van der Waals surface area contributed by atoms with Crippen LogP contribution in [0.25, 0.3) is 11.1 Å². The van der Waals surface area contributed by atoms with E-state index in [0.29, 0.717) is 43.1 Å². The van der Waals surface area contributed by atoms with E-state index in [2.05, 4.69) is 86.7 Å². The lowest BCUT2D eigenvalue weighted by atomic mass is 9.88. The second-order valence-corrected chi connectivity index (χ2v) is 17.5. The lowest BCUT2D eigenvalue weighted by Gasteiger charge is -2.44. The van der Waals surface area contributed by atoms with Crippen molar-refractivity contribution in [1.82, 2.24) is 15.1 Å². The number of likely N-dealkylation sites (tertiary alicyclic amines) is 1. The number of carbonyl (C=O) groups excluding carboxylic acids is 4. The van der Waals surface area contributed by atoms with Crippen LogP contribution >= 0.6 is 11.6 Å². The summed E-state index contributed by atoms with van der Waals surface area (Å²) >= 11 is 6.38. The summed E-state index contributed by atoms with van der Waals surface area (Å²) in [7, 11) is 0. The number of hydrogen-bond acceptors (Lipinski definition) is 9. The molecular weight excluding hydrogens is 774 g/mol. The highest BCUT2D eigenvalue weighted by molar-refractivity contribution is 6.27. The zero-order chi connectivity index (χ0) is 41.3. The molecule has 10 nitrogen and oxygen atoms in total. The van der Waals surface area contributed by atoms with Gasteiger partial charge < -0.3 is 14.9 Å². The van der Waals surface area contributed by atoms with Gasteiger partial charge in [-0.2, -0.15) is 0 Å². The Morgan fingerprint density at radius 1 is 0.800 bits per heavy atom. The number of phenolic OH excluding ortho intramolecular Hbond substituents is 1. The van der Waals surface area contributed by atoms with Crippen molar-refractivity contribution in [1.29, 1.82) is 0 Å². The fourth-order valence-corrected chi connectivity index (χ4v) is 10.9. The van der Waals surface area contributed by atoms with E-state index in [1.54, 1.807) is 17.0 Å². The summed E-state index contributed by atoms with van der Waals surface area (Å²) < 4.78 is 0. The number of halogens is 1. The third-order valence-corrected chi connectivity index (χ3v) is 13.7. The number of anilines is 2. The number of ketones is 1. The van der Waals surface area contributed by atoms with Gasteiger partial charge in [-0.1, -0.05) is 60.7 Å². The number of aromatic hydroxyl groups is 1. The lowest BCUT2D eigenvalue weighted by molar-refractivity contribution is -0.141. The molecule has 0 saturated carbocycles. The second-order valence-electron chi connectivity index (χ2n) is 17.1. The molecule has 5 heterocycles. The van der Waals surface area contributed by atoms with E-state index in [1.165, 1.54) is 11.3 Å². The molecule has 310 valence electrons. The van der Waals surface area contributed by atoms with Gasteiger partial charge in [-0.3, -0.25) is 34.3 Å². The number of phenols is 1. The number of Topliss-reactive ketones (excluding diaryl/α,β-unsaturated/α-hetero) is 1. The molecule has 4 atom stereocenters. The summed E-state index contributed by atoms with van der Waals surface area (Å²) in [6, 6.07) is 32.4. The highest BCUT2D eigenvalue weighted by Gasteiger charge is 2.45. The van der Waals surface area contributed by atoms with Crippen molar-refractivity contribution in [3.8, 4) is 5.75 Å². The molecule has 0 aromatic heterocycles. The Kier molecular flexibility index (Phi) is 11.6. The summed E-state index contributed by atoms with van der Waals surface area (Å²) in [6.07, 6.45) is 6.16. The molecule has 4 unspecified atom stereocenters. The molecule has 2 amide bonds. The molecule has 5 aliphatic rings. The second kappa shape index (κ2) is 17.4. The van der Waals surface area contributed by atoms with Crippen LogP contribution in [0.15, 0.2) is 97.1 Å². The zero-order valence-corrected chi connectivity index (χ0v) is 34.6. The first-order valence-corrected chi connectivity index (χ1v) is 22.0. The largest absolute Gasteiger partial charge is 0.508 e. The molecule has 11 heteroatoms. The Balaban J connectivity index is 0.840. The number of carbonyl (C=O) groups is 4. The number of amides is 2. The summed E-state index contributed by atoms with van der Waals surface area (Å²) in [6.45, 7) is 5.52. The van der Waals surface area contributed by atoms with Crippen LogP contribution < -0.4 is 15.1 Å². The molecule has 4 aromatic carbocycles. The monoisotopic (exact) mass is 825 g/mol. The fraction of sp³-hybridized carbons (Fsp3) is 0.388. The number of allylic oxidation sites excluding steroid dienone is 1. The summed E-state index contributed by atoms with van der Waals surface area (Å²) in [5.41, 5.74) is 9.70. The first kappa shape index (κ1) is 40.1. The number of nitrogens with zero attached hydrogens (tertiary/aromatic N) is 4. The highest BCUT2D eigenvalue weighted by atomic mass is 35.5. The van der Waals surface area contributed by atoms with Crippen molar-refractivity contribution in [2.75, 3.05) is 48.4 Å². The predicted molar refractivity (Wildman–Crippen MR) is 235 cm³/mol. The number of alkyl halides is 1. The Morgan fingerprint density at radius 2 is 1.47 bits per heavy atom. The number of nitrogens with one attached hydrogen (secondary N) is 1. The molecule has 5 aliphatic heterocycles. The lowest BCUT2D eigenvalue weighted by Crippen LogP contribution is -2.55. The molecule has 0 spiro atoms. The van der Waals surface area contributed by atoms with Gasteiger partial charge >= 0.3 is 0 Å². The number of rotatable bonds is 12. The minimum absolute atomic E-state index is 0.215. The highest BCUT2D eigenvalue weighted by Crippen LogP contribution is 2.43. The van der Waals surface area contributed by atoms with Crippen molar-refractivity contribution in [3.63, 3.8) is 0 Å². The molecule has 2 bridgehead atoms. The molecule has 4 saturated heterocycles. The molecule has 2 N–H and O–H groups in total. The average molecular weight is 826 g/mol. The van der Waals surface area contributed by atoms with Crippen LogP contribution in [-0.2, 0) is 25.7 Å². The molecule has 0 radical (unpaired) electrons. The van der Waals surface area contributed by atoms with Crippen LogP contribution in [0.4, 0.5) is 11.4 Å². The SMILES string of the molecule is O=CC(=O)C1c2cc(N3C4CCC3CN(CC3CCN(c5ccc(C(=C(CCCl)c6ccccc6)c6ccc(O)cc6)cc5)CC3)C4)ccc2CN1C1CCC(=O)NC1=O. The minimum atomic E-state index is -0.822. The van der Waals surface area contributed by atoms with Crippen LogP contribution in [-0.4, -0.2) is 95.5 Å². The summed E-state index contributed by atoms with van der Waals surface area (Å²) in [5.74, 6) is 0.122. The van der Waals surface area contributed by atoms with Gasteiger partial charge in [-0.05, 0) is 120 Å². The minimum Gasteiger partial charge on any atom is -0.508 e. The van der Waals surface area contributed by atoms with Crippen molar-refractivity contribution in [2.24, 2.45) is 5.92 Å². The summed E-state index contributed by atoms with van der Waals surface area (Å²) in [4.78, 5) is 59.2. The van der Waals surface area contributed by atoms with Gasteiger partial charge in [0.1, 0.15) is 11.8 Å². The van der Waals surface area contributed by atoms with Crippen molar-refractivity contribution < 1.29 is 24.3 Å². The fourth-order valence-electron chi connectivity index (χ4n) is 10.7. The van der Waals surface area contributed by atoms with Gasteiger partial charge in [0.25, 0.3) is 0 Å². The maximum absolute atomic E-state index is 13.1. The van der Waals surface area contributed by atoms with Gasteiger partial charge in [0.2, 0.25) is 17.6 Å². The van der Waals surface area contributed by atoms with Gasteiger partial charge in [-0.15, -0.1) is 11.6 Å². The molecule has 4 aromatic rings. The quantitative estimate of drug-likeness (QED) is 0.0514. The van der Waals surface area contributed by atoms with Crippen molar-refractivity contribution in [3.05, 3.63) is 125 Å². The Labute approximate surface area is 356 Å². The number of piperidine rings is 2. The Bertz CT molecular complexity index is 2260. The number of imide groups is 1. The van der Waals surface area contributed by atoms with Crippen molar-refractivity contribution >= 4 is 58.0 Å². The van der Waals surface area contributed by atoms with Gasteiger partial charge in [0.05, 0.1) is 6.04 Å².